The Labute approximate surface area is 183 Å². The number of hydrogen-bond acceptors (Lipinski definition) is 6. The number of carbonyl (C=O) groups is 2. The van der Waals surface area contributed by atoms with Crippen molar-refractivity contribution in [1.29, 1.82) is 0 Å². The fourth-order valence-electron chi connectivity index (χ4n) is 3.48. The summed E-state index contributed by atoms with van der Waals surface area (Å²) in [5.41, 5.74) is 8.79. The fourth-order valence-corrected chi connectivity index (χ4v) is 5.83. The first kappa shape index (κ1) is 20.7. The van der Waals surface area contributed by atoms with Gasteiger partial charge in [0.1, 0.15) is 5.76 Å². The molecule has 4 rings (SSSR count). The van der Waals surface area contributed by atoms with Crippen molar-refractivity contribution < 1.29 is 14.1 Å². The van der Waals surface area contributed by atoms with Gasteiger partial charge in [-0.15, -0.1) is 23.1 Å². The van der Waals surface area contributed by atoms with Crippen LogP contribution in [0.3, 0.4) is 0 Å². The molecule has 1 aliphatic rings. The minimum atomic E-state index is -0.341. The number of fused-ring (bicyclic) bond motifs is 1. The molecule has 2 aromatic heterocycles. The third-order valence-electron chi connectivity index (χ3n) is 5.19. The molecular weight excluding hydrogens is 418 g/mol. The van der Waals surface area contributed by atoms with Crippen molar-refractivity contribution in [2.24, 2.45) is 0 Å². The standard InChI is InChI=1S/C22H23N3O3S2/c1-13-17(14(2)28-25-13)12-29-19-10-6-4-8-16(19)21(26)23-24-22(27)20-11-15-7-3-5-9-18(15)30-20/h4,6,8,10-11H,3,5,7,9,12H2,1-2H3,(H,23,26)(H,24,27). The molecule has 0 fully saturated rings. The lowest BCUT2D eigenvalue weighted by molar-refractivity contribution is 0.0847. The summed E-state index contributed by atoms with van der Waals surface area (Å²) >= 11 is 3.06. The monoisotopic (exact) mass is 441 g/mol. The first-order valence-electron chi connectivity index (χ1n) is 9.88. The molecule has 0 radical (unpaired) electrons. The van der Waals surface area contributed by atoms with Crippen LogP contribution in [0.25, 0.3) is 0 Å². The number of hydrogen-bond donors (Lipinski definition) is 2. The molecule has 2 heterocycles. The second kappa shape index (κ2) is 9.06. The molecule has 2 amide bonds. The zero-order valence-electron chi connectivity index (χ0n) is 16.9. The predicted octanol–water partition coefficient (Wildman–Crippen LogP) is 4.60. The van der Waals surface area contributed by atoms with Crippen LogP contribution in [0, 0.1) is 13.8 Å². The summed E-state index contributed by atoms with van der Waals surface area (Å²) in [6.45, 7) is 3.79. The highest BCUT2D eigenvalue weighted by Crippen LogP contribution is 2.30. The van der Waals surface area contributed by atoms with E-state index in [0.717, 1.165) is 34.8 Å². The van der Waals surface area contributed by atoms with Crippen LogP contribution in [0.4, 0.5) is 0 Å². The summed E-state index contributed by atoms with van der Waals surface area (Å²) in [6.07, 6.45) is 4.41. The van der Waals surface area contributed by atoms with Crippen LogP contribution in [-0.2, 0) is 18.6 Å². The number of benzene rings is 1. The average Bonchev–Trinajstić information content (AvgIpc) is 3.33. The summed E-state index contributed by atoms with van der Waals surface area (Å²) in [7, 11) is 0. The van der Waals surface area contributed by atoms with Crippen molar-refractivity contribution in [1.82, 2.24) is 16.0 Å². The van der Waals surface area contributed by atoms with Crippen LogP contribution < -0.4 is 10.9 Å². The van der Waals surface area contributed by atoms with Crippen LogP contribution in [0.5, 0.6) is 0 Å². The summed E-state index contributed by atoms with van der Waals surface area (Å²) in [4.78, 5) is 28.0. The number of thiophene rings is 1. The van der Waals surface area contributed by atoms with E-state index in [0.29, 0.717) is 16.2 Å². The van der Waals surface area contributed by atoms with Gasteiger partial charge < -0.3 is 4.52 Å². The molecule has 8 heteroatoms. The van der Waals surface area contributed by atoms with Crippen LogP contribution in [0.15, 0.2) is 39.8 Å². The SMILES string of the molecule is Cc1noc(C)c1CSc1ccccc1C(=O)NNC(=O)c1cc2c(s1)CCCC2. The van der Waals surface area contributed by atoms with Gasteiger partial charge in [0.25, 0.3) is 11.8 Å². The van der Waals surface area contributed by atoms with Gasteiger partial charge in [0.15, 0.2) is 0 Å². The number of carbonyl (C=O) groups excluding carboxylic acids is 2. The van der Waals surface area contributed by atoms with E-state index in [9.17, 15) is 9.59 Å². The van der Waals surface area contributed by atoms with Gasteiger partial charge in [0.05, 0.1) is 16.1 Å². The first-order valence-corrected chi connectivity index (χ1v) is 11.7. The highest BCUT2D eigenvalue weighted by Gasteiger charge is 2.19. The Hall–Kier alpha value is -2.58. The van der Waals surface area contributed by atoms with Crippen molar-refractivity contribution in [2.45, 2.75) is 50.2 Å². The average molecular weight is 442 g/mol. The van der Waals surface area contributed by atoms with Gasteiger partial charge in [-0.2, -0.15) is 0 Å². The zero-order valence-corrected chi connectivity index (χ0v) is 18.5. The Bertz CT molecular complexity index is 1040. The molecule has 156 valence electrons. The Morgan fingerprint density at radius 1 is 1.13 bits per heavy atom. The number of nitrogens with one attached hydrogen (secondary N) is 2. The molecule has 0 aliphatic heterocycles. The molecule has 0 saturated carbocycles. The lowest BCUT2D eigenvalue weighted by atomic mass is 9.99. The second-order valence-corrected chi connectivity index (χ2v) is 9.42. The Morgan fingerprint density at radius 3 is 2.67 bits per heavy atom. The highest BCUT2D eigenvalue weighted by atomic mass is 32.2. The molecule has 1 aromatic carbocycles. The predicted molar refractivity (Wildman–Crippen MR) is 118 cm³/mol. The molecular formula is C22H23N3O3S2. The summed E-state index contributed by atoms with van der Waals surface area (Å²) in [5.74, 6) is 0.821. The number of amides is 2. The van der Waals surface area contributed by atoms with E-state index in [2.05, 4.69) is 16.0 Å². The van der Waals surface area contributed by atoms with Crippen molar-refractivity contribution in [3.05, 3.63) is 68.2 Å². The Morgan fingerprint density at radius 2 is 1.90 bits per heavy atom. The number of aryl methyl sites for hydroxylation is 4. The summed E-state index contributed by atoms with van der Waals surface area (Å²) in [6, 6.07) is 9.30. The maximum atomic E-state index is 12.7. The van der Waals surface area contributed by atoms with E-state index in [1.807, 2.05) is 38.1 Å². The molecule has 30 heavy (non-hydrogen) atoms. The van der Waals surface area contributed by atoms with Gasteiger partial charge in [0, 0.05) is 21.1 Å². The van der Waals surface area contributed by atoms with Crippen molar-refractivity contribution >= 4 is 34.9 Å². The fraction of sp³-hybridized carbons (Fsp3) is 0.318. The third kappa shape index (κ3) is 4.44. The zero-order chi connectivity index (χ0) is 21.1. The topological polar surface area (TPSA) is 84.2 Å². The van der Waals surface area contributed by atoms with E-state index in [1.165, 1.54) is 46.4 Å². The number of thioether (sulfide) groups is 1. The van der Waals surface area contributed by atoms with E-state index >= 15 is 0 Å². The molecule has 3 aromatic rings. The van der Waals surface area contributed by atoms with Gasteiger partial charge in [-0.05, 0) is 63.3 Å². The Balaban J connectivity index is 1.40. The summed E-state index contributed by atoms with van der Waals surface area (Å²) < 4.78 is 5.21. The quantitative estimate of drug-likeness (QED) is 0.447. The van der Waals surface area contributed by atoms with Gasteiger partial charge >= 0.3 is 0 Å². The third-order valence-corrected chi connectivity index (χ3v) is 7.53. The van der Waals surface area contributed by atoms with E-state index in [4.69, 9.17) is 4.52 Å². The number of rotatable bonds is 5. The van der Waals surface area contributed by atoms with Gasteiger partial charge in [-0.3, -0.25) is 20.4 Å². The lowest BCUT2D eigenvalue weighted by Crippen LogP contribution is -2.41. The largest absolute Gasteiger partial charge is 0.361 e. The van der Waals surface area contributed by atoms with Crippen LogP contribution >= 0.6 is 23.1 Å². The second-order valence-electron chi connectivity index (χ2n) is 7.26. The summed E-state index contributed by atoms with van der Waals surface area (Å²) in [5, 5.41) is 3.97. The van der Waals surface area contributed by atoms with Gasteiger partial charge in [0.2, 0.25) is 0 Å². The van der Waals surface area contributed by atoms with Crippen molar-refractivity contribution in [3.63, 3.8) is 0 Å². The number of aromatic nitrogens is 1. The minimum absolute atomic E-state index is 0.274. The lowest BCUT2D eigenvalue weighted by Gasteiger charge is -2.10. The molecule has 6 nitrogen and oxygen atoms in total. The van der Waals surface area contributed by atoms with E-state index in [-0.39, 0.29) is 11.8 Å². The van der Waals surface area contributed by atoms with Crippen molar-refractivity contribution in [3.8, 4) is 0 Å². The van der Waals surface area contributed by atoms with E-state index in [1.54, 1.807) is 6.07 Å². The van der Waals surface area contributed by atoms with Crippen LogP contribution in [0.1, 0.15) is 60.3 Å². The molecule has 0 saturated heterocycles. The smallest absolute Gasteiger partial charge is 0.279 e. The van der Waals surface area contributed by atoms with Crippen LogP contribution in [0.2, 0.25) is 0 Å². The van der Waals surface area contributed by atoms with Gasteiger partial charge in [-0.25, -0.2) is 0 Å². The number of nitrogens with zero attached hydrogens (tertiary/aromatic N) is 1. The van der Waals surface area contributed by atoms with Gasteiger partial charge in [-0.1, -0.05) is 17.3 Å². The molecule has 1 aliphatic carbocycles. The van der Waals surface area contributed by atoms with Crippen LogP contribution in [-0.4, -0.2) is 17.0 Å². The first-order chi connectivity index (χ1) is 14.5. The molecule has 2 N–H and O–H groups in total. The maximum absolute atomic E-state index is 12.7. The highest BCUT2D eigenvalue weighted by molar-refractivity contribution is 7.98. The molecule has 0 unspecified atom stereocenters. The maximum Gasteiger partial charge on any atom is 0.279 e. The molecule has 0 atom stereocenters. The minimum Gasteiger partial charge on any atom is -0.361 e. The van der Waals surface area contributed by atoms with E-state index < -0.39 is 0 Å². The molecule has 0 bridgehead atoms. The Kier molecular flexibility index (Phi) is 6.24. The number of hydrazine groups is 1. The molecule has 0 spiro atoms. The van der Waals surface area contributed by atoms with Crippen molar-refractivity contribution in [2.75, 3.05) is 0 Å². The normalized spacial score (nSPS) is 13.0.